The Hall–Kier alpha value is 0.1000. The van der Waals surface area contributed by atoms with Crippen LogP contribution in [0.25, 0.3) is 11.1 Å². The van der Waals surface area contributed by atoms with Crippen molar-refractivity contribution in [1.82, 2.24) is 0 Å². The van der Waals surface area contributed by atoms with Gasteiger partial charge >= 0.3 is 0 Å². The molecule has 0 heterocycles. The number of fused-ring (bicyclic) bond motifs is 3. The van der Waals surface area contributed by atoms with Gasteiger partial charge in [-0.15, -0.1) is 0 Å². The van der Waals surface area contributed by atoms with E-state index in [9.17, 15) is 0 Å². The van der Waals surface area contributed by atoms with Crippen LogP contribution in [0.4, 0.5) is 0 Å². The van der Waals surface area contributed by atoms with Gasteiger partial charge in [-0.2, -0.15) is 0 Å². The molecule has 0 aliphatic heterocycles. The van der Waals surface area contributed by atoms with Crippen LogP contribution in [0.15, 0.2) is 45.3 Å². The highest BCUT2D eigenvalue weighted by Gasteiger charge is 2.42. The second-order valence-electron chi connectivity index (χ2n) is 10.6. The molecule has 0 N–H and O–H groups in total. The summed E-state index contributed by atoms with van der Waals surface area (Å²) in [5, 5.41) is 0. The molecule has 0 bridgehead atoms. The van der Waals surface area contributed by atoms with E-state index in [1.54, 1.807) is 0 Å². The van der Waals surface area contributed by atoms with Gasteiger partial charge in [0.25, 0.3) is 0 Å². The molecule has 0 saturated heterocycles. The minimum absolute atomic E-state index is 0.0603. The van der Waals surface area contributed by atoms with E-state index in [-0.39, 0.29) is 5.41 Å². The molecule has 0 unspecified atom stereocenters. The van der Waals surface area contributed by atoms with Gasteiger partial charge in [0.05, 0.1) is 26.4 Å². The van der Waals surface area contributed by atoms with Gasteiger partial charge in [0, 0.05) is 26.7 Å². The predicted molar refractivity (Wildman–Crippen MR) is 184 cm³/mol. The summed E-state index contributed by atoms with van der Waals surface area (Å²) in [4.78, 5) is 0. The first-order valence-corrected chi connectivity index (χ1v) is 20.0. The summed E-state index contributed by atoms with van der Waals surface area (Å²) in [7, 11) is -1.45. The molecule has 2 aromatic carbocycles. The fourth-order valence-corrected chi connectivity index (χ4v) is 9.56. The standard InChI is InChI=1S/C33H50Br2O4P2/c1-5-36-40(37-6-2)23-15-11-9-13-21-33(22-14-10-12-16-24-41(38-7-3)39-8-4)31-25-27(34)17-19-29(31)30-20-18-28(35)26-32(30)33/h17-20,25-26H,5-16,21-24H2,1-4H3. The van der Waals surface area contributed by atoms with E-state index in [4.69, 9.17) is 18.1 Å². The van der Waals surface area contributed by atoms with E-state index in [1.165, 1.54) is 95.4 Å². The van der Waals surface area contributed by atoms with Gasteiger partial charge in [-0.05, 0) is 99.9 Å². The van der Waals surface area contributed by atoms with Gasteiger partial charge in [0.2, 0.25) is 0 Å². The molecule has 0 atom stereocenters. The second kappa shape index (κ2) is 19.5. The SMILES string of the molecule is CCOP(CCCCCCC1(CCCCCCP(OCC)OCC)c2cc(Br)ccc2-c2ccc(Br)cc21)OCC. The van der Waals surface area contributed by atoms with Crippen LogP contribution in [0.1, 0.15) is 103 Å². The fraction of sp³-hybridized carbons (Fsp3) is 0.636. The molecule has 230 valence electrons. The smallest absolute Gasteiger partial charge is 0.170 e. The van der Waals surface area contributed by atoms with Gasteiger partial charge in [-0.1, -0.05) is 82.5 Å². The third kappa shape index (κ3) is 10.6. The van der Waals surface area contributed by atoms with Crippen molar-refractivity contribution in [3.05, 3.63) is 56.5 Å². The van der Waals surface area contributed by atoms with Gasteiger partial charge in [-0.25, -0.2) is 0 Å². The lowest BCUT2D eigenvalue weighted by Crippen LogP contribution is -2.25. The predicted octanol–water partition coefficient (Wildman–Crippen LogP) is 12.1. The third-order valence-corrected chi connectivity index (χ3v) is 12.3. The molecule has 2 aromatic rings. The molecule has 4 nitrogen and oxygen atoms in total. The van der Waals surface area contributed by atoms with Crippen molar-refractivity contribution < 1.29 is 18.1 Å². The Labute approximate surface area is 269 Å². The summed E-state index contributed by atoms with van der Waals surface area (Å²) >= 11 is 7.61. The number of hydrogen-bond acceptors (Lipinski definition) is 4. The van der Waals surface area contributed by atoms with Gasteiger partial charge in [0.15, 0.2) is 16.8 Å². The van der Waals surface area contributed by atoms with Crippen LogP contribution in [-0.4, -0.2) is 38.8 Å². The van der Waals surface area contributed by atoms with E-state index in [2.05, 4.69) is 96.0 Å². The summed E-state index contributed by atoms with van der Waals surface area (Å²) in [5.41, 5.74) is 5.90. The Kier molecular flexibility index (Phi) is 16.9. The molecular weight excluding hydrogens is 682 g/mol. The highest BCUT2D eigenvalue weighted by molar-refractivity contribution is 9.10. The minimum atomic E-state index is -0.725. The Morgan fingerprint density at radius 3 is 1.27 bits per heavy atom. The maximum Gasteiger partial charge on any atom is 0.170 e. The molecule has 1 aliphatic carbocycles. The van der Waals surface area contributed by atoms with Crippen molar-refractivity contribution in [2.45, 2.75) is 97.3 Å². The zero-order chi connectivity index (χ0) is 29.5. The monoisotopic (exact) mass is 730 g/mol. The van der Waals surface area contributed by atoms with Crippen molar-refractivity contribution in [3.63, 3.8) is 0 Å². The number of unbranched alkanes of at least 4 members (excludes halogenated alkanes) is 6. The zero-order valence-electron chi connectivity index (χ0n) is 25.6. The lowest BCUT2D eigenvalue weighted by atomic mass is 9.70. The quantitative estimate of drug-likeness (QED) is 0.0892. The van der Waals surface area contributed by atoms with Crippen molar-refractivity contribution in [2.24, 2.45) is 0 Å². The Morgan fingerprint density at radius 1 is 0.537 bits per heavy atom. The first-order valence-electron chi connectivity index (χ1n) is 15.7. The van der Waals surface area contributed by atoms with Gasteiger partial charge in [0.1, 0.15) is 0 Å². The molecule has 0 spiro atoms. The van der Waals surface area contributed by atoms with Crippen molar-refractivity contribution in [1.29, 1.82) is 0 Å². The Bertz CT molecular complexity index is 945. The topological polar surface area (TPSA) is 36.9 Å². The van der Waals surface area contributed by atoms with E-state index in [0.717, 1.165) is 38.8 Å². The van der Waals surface area contributed by atoms with Crippen LogP contribution in [0.3, 0.4) is 0 Å². The van der Waals surface area contributed by atoms with Crippen molar-refractivity contribution in [3.8, 4) is 11.1 Å². The molecule has 1 aliphatic rings. The highest BCUT2D eigenvalue weighted by atomic mass is 79.9. The van der Waals surface area contributed by atoms with E-state index >= 15 is 0 Å². The third-order valence-electron chi connectivity index (χ3n) is 7.77. The Balaban J connectivity index is 1.67. The Morgan fingerprint density at radius 2 is 0.902 bits per heavy atom. The largest absolute Gasteiger partial charge is 0.334 e. The summed E-state index contributed by atoms with van der Waals surface area (Å²) < 4.78 is 25.6. The lowest BCUT2D eigenvalue weighted by molar-refractivity contribution is 0.268. The summed E-state index contributed by atoms with van der Waals surface area (Å²) in [6.45, 7) is 11.2. The van der Waals surface area contributed by atoms with E-state index in [1.807, 2.05) is 0 Å². The molecule has 0 radical (unpaired) electrons. The molecular formula is C33H50Br2O4P2. The first-order chi connectivity index (χ1) is 20.0. The second-order valence-corrected chi connectivity index (χ2v) is 15.7. The maximum absolute atomic E-state index is 5.82. The first kappa shape index (κ1) is 35.6. The number of rotatable bonds is 22. The average molecular weight is 733 g/mol. The molecule has 0 saturated carbocycles. The van der Waals surface area contributed by atoms with E-state index in [0.29, 0.717) is 0 Å². The van der Waals surface area contributed by atoms with Crippen molar-refractivity contribution in [2.75, 3.05) is 38.8 Å². The average Bonchev–Trinajstić information content (AvgIpc) is 3.21. The molecule has 3 rings (SSSR count). The fourth-order valence-electron chi connectivity index (χ4n) is 6.05. The highest BCUT2D eigenvalue weighted by Crippen LogP contribution is 2.55. The van der Waals surface area contributed by atoms with Crippen LogP contribution in [-0.2, 0) is 23.5 Å². The van der Waals surface area contributed by atoms with E-state index < -0.39 is 16.8 Å². The van der Waals surface area contributed by atoms with Crippen LogP contribution in [0, 0.1) is 0 Å². The molecule has 0 amide bonds. The molecule has 0 fully saturated rings. The number of hydrogen-bond donors (Lipinski definition) is 0. The molecule has 0 aromatic heterocycles. The normalized spacial score (nSPS) is 13.8. The molecule has 8 heteroatoms. The zero-order valence-corrected chi connectivity index (χ0v) is 30.5. The maximum atomic E-state index is 5.82. The summed E-state index contributed by atoms with van der Waals surface area (Å²) in [5.74, 6) is 0. The number of halogens is 2. The minimum Gasteiger partial charge on any atom is -0.334 e. The lowest BCUT2D eigenvalue weighted by Gasteiger charge is -2.33. The van der Waals surface area contributed by atoms with Gasteiger partial charge in [-0.3, -0.25) is 0 Å². The van der Waals surface area contributed by atoms with Crippen LogP contribution in [0.5, 0.6) is 0 Å². The van der Waals surface area contributed by atoms with Crippen LogP contribution >= 0.6 is 48.6 Å². The van der Waals surface area contributed by atoms with Crippen LogP contribution in [0.2, 0.25) is 0 Å². The summed E-state index contributed by atoms with van der Waals surface area (Å²) in [6, 6.07) is 13.8. The summed E-state index contributed by atoms with van der Waals surface area (Å²) in [6.07, 6.45) is 14.2. The van der Waals surface area contributed by atoms with Gasteiger partial charge < -0.3 is 18.1 Å². The number of benzene rings is 2. The van der Waals surface area contributed by atoms with Crippen molar-refractivity contribution >= 4 is 48.6 Å². The van der Waals surface area contributed by atoms with Crippen LogP contribution < -0.4 is 0 Å². The molecule has 41 heavy (non-hydrogen) atoms.